The molecule has 0 saturated carbocycles. The Bertz CT molecular complexity index is 690. The van der Waals surface area contributed by atoms with Crippen molar-refractivity contribution in [2.24, 2.45) is 0 Å². The SMILES string of the molecule is CCCC(C)(C)c1ccccc1N1c2ccccc2N(C)[C@H]1C. The molecule has 2 nitrogen and oxygen atoms in total. The summed E-state index contributed by atoms with van der Waals surface area (Å²) in [6, 6.07) is 17.6. The summed E-state index contributed by atoms with van der Waals surface area (Å²) in [5, 5.41) is 0. The average molecular weight is 308 g/mol. The Morgan fingerprint density at radius 3 is 2.13 bits per heavy atom. The molecule has 2 aromatic carbocycles. The molecule has 0 spiro atoms. The Hall–Kier alpha value is -1.96. The van der Waals surface area contributed by atoms with E-state index in [0.717, 1.165) is 0 Å². The van der Waals surface area contributed by atoms with E-state index in [1.165, 1.54) is 35.5 Å². The topological polar surface area (TPSA) is 6.48 Å². The third-order valence-electron chi connectivity index (χ3n) is 5.22. The van der Waals surface area contributed by atoms with Gasteiger partial charge in [0.15, 0.2) is 0 Å². The number of nitrogens with zero attached hydrogens (tertiary/aromatic N) is 2. The molecule has 122 valence electrons. The second-order valence-electron chi connectivity index (χ2n) is 7.25. The van der Waals surface area contributed by atoms with E-state index >= 15 is 0 Å². The van der Waals surface area contributed by atoms with Gasteiger partial charge in [0.05, 0.1) is 11.4 Å². The van der Waals surface area contributed by atoms with Gasteiger partial charge in [-0.25, -0.2) is 0 Å². The molecule has 0 radical (unpaired) electrons. The molecule has 1 heterocycles. The minimum Gasteiger partial charge on any atom is -0.353 e. The van der Waals surface area contributed by atoms with E-state index in [9.17, 15) is 0 Å². The van der Waals surface area contributed by atoms with Crippen molar-refractivity contribution in [2.75, 3.05) is 16.8 Å². The summed E-state index contributed by atoms with van der Waals surface area (Å²) in [5.74, 6) is 0. The van der Waals surface area contributed by atoms with Crippen molar-refractivity contribution in [1.29, 1.82) is 0 Å². The fraction of sp³-hybridized carbons (Fsp3) is 0.429. The van der Waals surface area contributed by atoms with Crippen LogP contribution in [0.15, 0.2) is 48.5 Å². The van der Waals surface area contributed by atoms with E-state index in [4.69, 9.17) is 0 Å². The van der Waals surface area contributed by atoms with E-state index in [1.807, 2.05) is 0 Å². The zero-order chi connectivity index (χ0) is 16.6. The van der Waals surface area contributed by atoms with Crippen molar-refractivity contribution < 1.29 is 0 Å². The first-order chi connectivity index (χ1) is 11.0. The summed E-state index contributed by atoms with van der Waals surface area (Å²) in [4.78, 5) is 4.85. The first-order valence-electron chi connectivity index (χ1n) is 8.68. The lowest BCUT2D eigenvalue weighted by molar-refractivity contribution is 0.472. The average Bonchev–Trinajstić information content (AvgIpc) is 2.79. The highest BCUT2D eigenvalue weighted by molar-refractivity contribution is 5.84. The van der Waals surface area contributed by atoms with Crippen LogP contribution in [-0.2, 0) is 5.41 Å². The van der Waals surface area contributed by atoms with E-state index in [1.54, 1.807) is 0 Å². The van der Waals surface area contributed by atoms with Gasteiger partial charge in [-0.1, -0.05) is 57.5 Å². The quantitative estimate of drug-likeness (QED) is 0.715. The summed E-state index contributed by atoms with van der Waals surface area (Å²) < 4.78 is 0. The van der Waals surface area contributed by atoms with Crippen molar-refractivity contribution >= 4 is 17.1 Å². The minimum absolute atomic E-state index is 0.182. The Morgan fingerprint density at radius 1 is 0.913 bits per heavy atom. The molecular formula is C21H28N2. The van der Waals surface area contributed by atoms with Crippen molar-refractivity contribution in [3.8, 4) is 0 Å². The number of hydrogen-bond donors (Lipinski definition) is 0. The number of hydrogen-bond acceptors (Lipinski definition) is 2. The van der Waals surface area contributed by atoms with Gasteiger partial charge in [0, 0.05) is 12.7 Å². The fourth-order valence-corrected chi connectivity index (χ4v) is 3.89. The lowest BCUT2D eigenvalue weighted by atomic mass is 9.79. The lowest BCUT2D eigenvalue weighted by Crippen LogP contribution is -2.37. The molecule has 23 heavy (non-hydrogen) atoms. The normalized spacial score (nSPS) is 17.5. The summed E-state index contributed by atoms with van der Waals surface area (Å²) in [5.41, 5.74) is 5.58. The van der Waals surface area contributed by atoms with Gasteiger partial charge < -0.3 is 9.80 Å². The molecule has 1 aliphatic heterocycles. The van der Waals surface area contributed by atoms with Crippen molar-refractivity contribution in [3.63, 3.8) is 0 Å². The van der Waals surface area contributed by atoms with Gasteiger partial charge in [0.2, 0.25) is 0 Å². The van der Waals surface area contributed by atoms with Crippen LogP contribution in [-0.4, -0.2) is 13.2 Å². The molecule has 0 aliphatic carbocycles. The molecule has 0 N–H and O–H groups in total. The first-order valence-corrected chi connectivity index (χ1v) is 8.68. The van der Waals surface area contributed by atoms with Gasteiger partial charge in [-0.3, -0.25) is 0 Å². The molecular weight excluding hydrogens is 280 g/mol. The van der Waals surface area contributed by atoms with Crippen molar-refractivity contribution in [1.82, 2.24) is 0 Å². The van der Waals surface area contributed by atoms with E-state index in [2.05, 4.69) is 93.1 Å². The molecule has 0 bridgehead atoms. The maximum Gasteiger partial charge on any atom is 0.103 e. The number of anilines is 3. The van der Waals surface area contributed by atoms with Crippen LogP contribution in [0.5, 0.6) is 0 Å². The Labute approximate surface area is 140 Å². The smallest absolute Gasteiger partial charge is 0.103 e. The molecule has 0 fully saturated rings. The van der Waals surface area contributed by atoms with Gasteiger partial charge in [-0.2, -0.15) is 0 Å². The van der Waals surface area contributed by atoms with Gasteiger partial charge in [-0.15, -0.1) is 0 Å². The molecule has 0 aromatic heterocycles. The first kappa shape index (κ1) is 15.9. The van der Waals surface area contributed by atoms with Crippen molar-refractivity contribution in [2.45, 2.75) is 52.1 Å². The lowest BCUT2D eigenvalue weighted by Gasteiger charge is -2.34. The zero-order valence-electron chi connectivity index (χ0n) is 15.0. The highest BCUT2D eigenvalue weighted by atomic mass is 15.4. The summed E-state index contributed by atoms with van der Waals surface area (Å²) >= 11 is 0. The van der Waals surface area contributed by atoms with Crippen LogP contribution in [0.1, 0.15) is 46.1 Å². The summed E-state index contributed by atoms with van der Waals surface area (Å²) in [6.07, 6.45) is 2.72. The fourth-order valence-electron chi connectivity index (χ4n) is 3.89. The molecule has 0 amide bonds. The van der Waals surface area contributed by atoms with Gasteiger partial charge >= 0.3 is 0 Å². The third-order valence-corrected chi connectivity index (χ3v) is 5.22. The van der Waals surface area contributed by atoms with Crippen molar-refractivity contribution in [3.05, 3.63) is 54.1 Å². The molecule has 1 aliphatic rings. The molecule has 2 aromatic rings. The van der Waals surface area contributed by atoms with Crippen LogP contribution in [0.2, 0.25) is 0 Å². The Morgan fingerprint density at radius 2 is 1.48 bits per heavy atom. The Balaban J connectivity index is 2.13. The predicted molar refractivity (Wildman–Crippen MR) is 101 cm³/mol. The van der Waals surface area contributed by atoms with E-state index < -0.39 is 0 Å². The predicted octanol–water partition coefficient (Wildman–Crippen LogP) is 5.70. The molecule has 0 saturated heterocycles. The third kappa shape index (κ3) is 2.60. The van der Waals surface area contributed by atoms with Crippen LogP contribution in [0.25, 0.3) is 0 Å². The van der Waals surface area contributed by atoms with E-state index in [-0.39, 0.29) is 5.41 Å². The molecule has 3 rings (SSSR count). The van der Waals surface area contributed by atoms with Crippen LogP contribution in [0, 0.1) is 0 Å². The number of fused-ring (bicyclic) bond motifs is 1. The maximum atomic E-state index is 2.49. The van der Waals surface area contributed by atoms with Gasteiger partial charge in [0.1, 0.15) is 6.17 Å². The number of rotatable bonds is 4. The zero-order valence-corrected chi connectivity index (χ0v) is 15.0. The van der Waals surface area contributed by atoms with Gasteiger partial charge in [0.25, 0.3) is 0 Å². The van der Waals surface area contributed by atoms with Crippen LogP contribution < -0.4 is 9.80 Å². The van der Waals surface area contributed by atoms with Gasteiger partial charge in [-0.05, 0) is 42.5 Å². The maximum absolute atomic E-state index is 2.49. The summed E-state index contributed by atoms with van der Waals surface area (Å²) in [7, 11) is 2.18. The number of benzene rings is 2. The Kier molecular flexibility index (Phi) is 4.09. The summed E-state index contributed by atoms with van der Waals surface area (Å²) in [6.45, 7) is 9.28. The highest BCUT2D eigenvalue weighted by Gasteiger charge is 2.34. The largest absolute Gasteiger partial charge is 0.353 e. The second kappa shape index (κ2) is 5.92. The van der Waals surface area contributed by atoms with Crippen LogP contribution in [0.4, 0.5) is 17.1 Å². The monoisotopic (exact) mass is 308 g/mol. The van der Waals surface area contributed by atoms with Crippen LogP contribution in [0.3, 0.4) is 0 Å². The number of para-hydroxylation sites is 3. The highest BCUT2D eigenvalue weighted by Crippen LogP contribution is 2.46. The standard InChI is InChI=1S/C21H28N2/c1-6-15-21(3,4)17-11-7-8-12-18(17)23-16(2)22(5)19-13-9-10-14-20(19)23/h7-14,16H,6,15H2,1-5H3/t16-/m1/s1. The minimum atomic E-state index is 0.182. The molecule has 2 heteroatoms. The van der Waals surface area contributed by atoms with E-state index in [0.29, 0.717) is 6.17 Å². The van der Waals surface area contributed by atoms with Crippen LogP contribution >= 0.6 is 0 Å². The second-order valence-corrected chi connectivity index (χ2v) is 7.25. The molecule has 0 unspecified atom stereocenters. The molecule has 1 atom stereocenters.